The van der Waals surface area contributed by atoms with Gasteiger partial charge in [0.25, 0.3) is 0 Å². The Morgan fingerprint density at radius 1 is 1.57 bits per heavy atom. The van der Waals surface area contributed by atoms with Gasteiger partial charge in [-0.3, -0.25) is 0 Å². The van der Waals surface area contributed by atoms with Gasteiger partial charge in [0, 0.05) is 0 Å². The molecular formula is C9H6BrClN2O. The predicted molar refractivity (Wildman–Crippen MR) is 60.8 cm³/mol. The predicted octanol–water partition coefficient (Wildman–Crippen LogP) is 3.58. The van der Waals surface area contributed by atoms with Crippen LogP contribution in [0.4, 0.5) is 11.4 Å². The van der Waals surface area contributed by atoms with Gasteiger partial charge in [0.2, 0.25) is 6.08 Å². The van der Waals surface area contributed by atoms with Crippen molar-refractivity contribution in [1.29, 1.82) is 0 Å². The Bertz CT molecular complexity index is 421. The highest BCUT2D eigenvalue weighted by Crippen LogP contribution is 2.25. The first-order valence-corrected chi connectivity index (χ1v) is 4.89. The van der Waals surface area contributed by atoms with Crippen LogP contribution in [0.2, 0.25) is 0 Å². The summed E-state index contributed by atoms with van der Waals surface area (Å²) in [5, 5.41) is 0. The van der Waals surface area contributed by atoms with Crippen LogP contribution >= 0.6 is 27.5 Å². The van der Waals surface area contributed by atoms with Crippen LogP contribution in [0.15, 0.2) is 28.2 Å². The lowest BCUT2D eigenvalue weighted by molar-refractivity contribution is 0.565. The van der Waals surface area contributed by atoms with E-state index in [-0.39, 0.29) is 4.08 Å². The lowest BCUT2D eigenvalue weighted by atomic mass is 10.2. The lowest BCUT2D eigenvalue weighted by Gasteiger charge is -1.99. The largest absolute Gasteiger partial charge is 0.240 e. The second kappa shape index (κ2) is 5.05. The first-order valence-electron chi connectivity index (χ1n) is 3.71. The number of rotatable bonds is 2. The van der Waals surface area contributed by atoms with Crippen molar-refractivity contribution in [3.63, 3.8) is 0 Å². The number of halogens is 2. The zero-order valence-corrected chi connectivity index (χ0v) is 9.63. The molecule has 0 saturated carbocycles. The average Bonchev–Trinajstić information content (AvgIpc) is 2.10. The molecule has 0 aliphatic heterocycles. The van der Waals surface area contributed by atoms with Crippen molar-refractivity contribution in [2.75, 3.05) is 0 Å². The molecule has 14 heavy (non-hydrogen) atoms. The van der Waals surface area contributed by atoms with Crippen LogP contribution in [0, 0.1) is 6.92 Å². The van der Waals surface area contributed by atoms with Crippen molar-refractivity contribution in [3.05, 3.63) is 23.8 Å². The summed E-state index contributed by atoms with van der Waals surface area (Å²) in [5.41, 5.74) is 2.13. The second-order valence-corrected chi connectivity index (χ2v) is 4.09. The van der Waals surface area contributed by atoms with Gasteiger partial charge in [-0.05, 0) is 40.5 Å². The van der Waals surface area contributed by atoms with Crippen molar-refractivity contribution in [1.82, 2.24) is 0 Å². The van der Waals surface area contributed by atoms with E-state index in [0.29, 0.717) is 11.4 Å². The van der Waals surface area contributed by atoms with E-state index in [9.17, 15) is 4.79 Å². The fourth-order valence-electron chi connectivity index (χ4n) is 0.932. The van der Waals surface area contributed by atoms with E-state index in [0.717, 1.165) is 5.56 Å². The molecule has 72 valence electrons. The average molecular weight is 274 g/mol. The maximum atomic E-state index is 10.0. The van der Waals surface area contributed by atoms with Gasteiger partial charge in [0.05, 0.1) is 11.4 Å². The number of aliphatic imine (C=N–C) groups is 2. The van der Waals surface area contributed by atoms with E-state index in [1.165, 1.54) is 6.08 Å². The quantitative estimate of drug-likeness (QED) is 0.600. The zero-order valence-electron chi connectivity index (χ0n) is 7.29. The highest BCUT2D eigenvalue weighted by atomic mass is 79.9. The van der Waals surface area contributed by atoms with Gasteiger partial charge in [0.15, 0.2) is 4.08 Å². The monoisotopic (exact) mass is 272 g/mol. The first kappa shape index (κ1) is 11.1. The fourth-order valence-corrected chi connectivity index (χ4v) is 1.21. The summed E-state index contributed by atoms with van der Waals surface area (Å²) in [5.74, 6) is 0. The summed E-state index contributed by atoms with van der Waals surface area (Å²) in [6, 6.07) is 5.17. The summed E-state index contributed by atoms with van der Waals surface area (Å²) >= 11 is 8.59. The molecule has 5 heteroatoms. The normalized spacial score (nSPS) is 10.9. The van der Waals surface area contributed by atoms with Crippen LogP contribution in [-0.2, 0) is 4.79 Å². The summed E-state index contributed by atoms with van der Waals surface area (Å²) in [7, 11) is 0. The molecule has 1 rings (SSSR count). The molecule has 0 amide bonds. The molecule has 0 fully saturated rings. The molecule has 1 aromatic carbocycles. The molecule has 1 aromatic rings. The maximum absolute atomic E-state index is 10.0. The minimum atomic E-state index is 0.257. The summed E-state index contributed by atoms with van der Waals surface area (Å²) < 4.78 is 0.257. The van der Waals surface area contributed by atoms with Gasteiger partial charge in [-0.15, -0.1) is 0 Å². The number of carbonyl (C=O) groups excluding carboxylic acids is 1. The Hall–Kier alpha value is -0.960. The van der Waals surface area contributed by atoms with Crippen LogP contribution in [0.3, 0.4) is 0 Å². The smallest absolute Gasteiger partial charge is 0.229 e. The van der Waals surface area contributed by atoms with E-state index >= 15 is 0 Å². The van der Waals surface area contributed by atoms with Crippen molar-refractivity contribution >= 4 is 49.1 Å². The molecule has 0 spiro atoms. The molecule has 0 aromatic heterocycles. The molecule has 0 saturated heterocycles. The zero-order chi connectivity index (χ0) is 10.6. The van der Waals surface area contributed by atoms with Gasteiger partial charge in [0.1, 0.15) is 0 Å². The Balaban J connectivity index is 3.21. The number of aryl methyl sites for hydroxylation is 1. The summed E-state index contributed by atoms with van der Waals surface area (Å²) in [4.78, 5) is 17.5. The Labute approximate surface area is 94.6 Å². The van der Waals surface area contributed by atoms with Crippen LogP contribution in [0.1, 0.15) is 5.56 Å². The lowest BCUT2D eigenvalue weighted by Crippen LogP contribution is -1.76. The minimum Gasteiger partial charge on any atom is -0.229 e. The molecule has 0 aliphatic carbocycles. The Morgan fingerprint density at radius 3 is 2.86 bits per heavy atom. The van der Waals surface area contributed by atoms with E-state index in [2.05, 4.69) is 25.9 Å². The number of hydrogen-bond donors (Lipinski definition) is 0. The van der Waals surface area contributed by atoms with Crippen LogP contribution in [-0.4, -0.2) is 10.2 Å². The van der Waals surface area contributed by atoms with E-state index in [1.54, 1.807) is 12.1 Å². The van der Waals surface area contributed by atoms with Crippen LogP contribution in [0.25, 0.3) is 0 Å². The highest BCUT2D eigenvalue weighted by Gasteiger charge is 1.99. The van der Waals surface area contributed by atoms with Crippen molar-refractivity contribution < 1.29 is 4.79 Å². The standard InChI is InChI=1S/C9H6BrClN2O/c1-6-2-3-7(12-5-14)4-8(6)13-9(10)11/h2-4H,1H3/b13-9+. The molecule has 0 atom stereocenters. The molecule has 0 heterocycles. The SMILES string of the molecule is Cc1ccc(N=C=O)cc1/N=C(/Cl)Br. The number of nitrogens with zero attached hydrogens (tertiary/aromatic N) is 2. The number of hydrogen-bond acceptors (Lipinski definition) is 3. The topological polar surface area (TPSA) is 41.8 Å². The van der Waals surface area contributed by atoms with Crippen molar-refractivity contribution in [2.24, 2.45) is 9.98 Å². The van der Waals surface area contributed by atoms with Gasteiger partial charge in [-0.2, -0.15) is 4.99 Å². The number of benzene rings is 1. The highest BCUT2D eigenvalue weighted by molar-refractivity contribution is 9.19. The Kier molecular flexibility index (Phi) is 4.01. The fraction of sp³-hybridized carbons (Fsp3) is 0.111. The second-order valence-electron chi connectivity index (χ2n) is 2.53. The van der Waals surface area contributed by atoms with Gasteiger partial charge in [-0.1, -0.05) is 17.7 Å². The third-order valence-corrected chi connectivity index (χ3v) is 1.83. The molecule has 0 aliphatic rings. The Morgan fingerprint density at radius 2 is 2.29 bits per heavy atom. The number of isocyanates is 1. The van der Waals surface area contributed by atoms with Crippen molar-refractivity contribution in [3.8, 4) is 0 Å². The molecule has 3 nitrogen and oxygen atoms in total. The minimum absolute atomic E-state index is 0.257. The van der Waals surface area contributed by atoms with E-state index in [4.69, 9.17) is 11.6 Å². The first-order chi connectivity index (χ1) is 6.63. The summed E-state index contributed by atoms with van der Waals surface area (Å²) in [6.45, 7) is 1.89. The molecule has 0 radical (unpaired) electrons. The van der Waals surface area contributed by atoms with Crippen molar-refractivity contribution in [2.45, 2.75) is 6.92 Å². The van der Waals surface area contributed by atoms with Gasteiger partial charge in [-0.25, -0.2) is 9.79 Å². The molecule has 0 bridgehead atoms. The third-order valence-electron chi connectivity index (χ3n) is 1.57. The maximum Gasteiger partial charge on any atom is 0.240 e. The molecular weight excluding hydrogens is 267 g/mol. The van der Waals surface area contributed by atoms with E-state index in [1.807, 2.05) is 13.0 Å². The van der Waals surface area contributed by atoms with Gasteiger partial charge >= 0.3 is 0 Å². The van der Waals surface area contributed by atoms with Crippen LogP contribution < -0.4 is 0 Å². The summed E-state index contributed by atoms with van der Waals surface area (Å²) in [6.07, 6.45) is 1.47. The van der Waals surface area contributed by atoms with Gasteiger partial charge < -0.3 is 0 Å². The third kappa shape index (κ3) is 3.07. The molecule has 0 unspecified atom stereocenters. The van der Waals surface area contributed by atoms with E-state index < -0.39 is 0 Å². The van der Waals surface area contributed by atoms with Crippen LogP contribution in [0.5, 0.6) is 0 Å². The molecule has 0 N–H and O–H groups in total.